The third-order valence-electron chi connectivity index (χ3n) is 4.22. The van der Waals surface area contributed by atoms with Gasteiger partial charge in [-0.05, 0) is 48.0 Å². The molecule has 0 bridgehead atoms. The number of carbonyl (C=O) groups excluding carboxylic acids is 1. The molecule has 0 amide bonds. The molecule has 0 spiro atoms. The number of nitrogens with zero attached hydrogens (tertiary/aromatic N) is 1. The molecule has 0 N–H and O–H groups in total. The summed E-state index contributed by atoms with van der Waals surface area (Å²) in [5, 5.41) is 4.27. The van der Waals surface area contributed by atoms with E-state index in [4.69, 9.17) is 20.6 Å². The summed E-state index contributed by atoms with van der Waals surface area (Å²) in [6.45, 7) is 0. The highest BCUT2D eigenvalue weighted by Crippen LogP contribution is 2.25. The number of halogens is 1. The van der Waals surface area contributed by atoms with Crippen molar-refractivity contribution in [2.45, 2.75) is 4.90 Å². The van der Waals surface area contributed by atoms with Crippen LogP contribution in [0.5, 0.6) is 5.75 Å². The predicted molar refractivity (Wildman–Crippen MR) is 113 cm³/mol. The topological polar surface area (TPSA) is 82.0 Å². The summed E-state index contributed by atoms with van der Waals surface area (Å²) in [5.41, 5.74) is 1.95. The molecule has 1 aliphatic rings. The Hall–Kier alpha value is -3.42. The Labute approximate surface area is 178 Å². The first-order valence-electron chi connectivity index (χ1n) is 8.79. The molecular formula is C22H14ClNO5S. The summed E-state index contributed by atoms with van der Waals surface area (Å²) in [6, 6.07) is 21.1. The fraction of sp³-hybridized carbons (Fsp3) is 0. The van der Waals surface area contributed by atoms with Crippen molar-refractivity contribution in [2.24, 2.45) is 5.16 Å². The highest BCUT2D eigenvalue weighted by atomic mass is 35.5. The second-order valence-corrected chi connectivity index (χ2v) is 8.29. The van der Waals surface area contributed by atoms with E-state index in [2.05, 4.69) is 5.16 Å². The second kappa shape index (κ2) is 8.14. The van der Waals surface area contributed by atoms with Crippen LogP contribution < -0.4 is 4.18 Å². The van der Waals surface area contributed by atoms with Crippen molar-refractivity contribution >= 4 is 39.5 Å². The van der Waals surface area contributed by atoms with E-state index < -0.39 is 16.1 Å². The fourth-order valence-electron chi connectivity index (χ4n) is 2.81. The number of hydrogen-bond acceptors (Lipinski definition) is 6. The average Bonchev–Trinajstić information content (AvgIpc) is 3.09. The Balaban J connectivity index is 1.63. The first kappa shape index (κ1) is 19.9. The maximum Gasteiger partial charge on any atom is 0.368 e. The van der Waals surface area contributed by atoms with Crippen LogP contribution in [0.3, 0.4) is 0 Å². The van der Waals surface area contributed by atoms with Gasteiger partial charge in [0.15, 0.2) is 0 Å². The fourth-order valence-corrected chi connectivity index (χ4v) is 3.86. The normalized spacial score (nSPS) is 15.0. The quantitative estimate of drug-likeness (QED) is 0.333. The molecule has 0 saturated heterocycles. The number of hydrogen-bond donors (Lipinski definition) is 0. The molecule has 0 atom stereocenters. The van der Waals surface area contributed by atoms with Crippen LogP contribution in [-0.2, 0) is 19.8 Å². The van der Waals surface area contributed by atoms with Gasteiger partial charge in [-0.2, -0.15) is 8.42 Å². The maximum absolute atomic E-state index is 12.5. The zero-order valence-electron chi connectivity index (χ0n) is 15.4. The van der Waals surface area contributed by atoms with E-state index in [1.54, 1.807) is 18.2 Å². The second-order valence-electron chi connectivity index (χ2n) is 6.31. The zero-order chi connectivity index (χ0) is 21.1. The molecule has 150 valence electrons. The largest absolute Gasteiger partial charge is 0.379 e. The molecule has 1 heterocycles. The summed E-state index contributed by atoms with van der Waals surface area (Å²) < 4.78 is 30.2. The molecule has 4 rings (SSSR count). The van der Waals surface area contributed by atoms with Crippen molar-refractivity contribution in [3.05, 3.63) is 101 Å². The van der Waals surface area contributed by atoms with E-state index in [0.29, 0.717) is 16.3 Å². The van der Waals surface area contributed by atoms with Gasteiger partial charge in [-0.3, -0.25) is 0 Å². The Bertz CT molecular complexity index is 1270. The van der Waals surface area contributed by atoms with Crippen LogP contribution >= 0.6 is 11.6 Å². The standard InChI is InChI=1S/C22H14ClNO5S/c23-17-9-11-19(12-10-17)30(26,27)29-18-8-4-5-15(13-18)14-20-21(24-28-22(20)25)16-6-2-1-3-7-16/h1-14H/b20-14+. The molecule has 6 nitrogen and oxygen atoms in total. The van der Waals surface area contributed by atoms with Crippen molar-refractivity contribution < 1.29 is 22.2 Å². The Kier molecular flexibility index (Phi) is 5.39. The molecule has 30 heavy (non-hydrogen) atoms. The Morgan fingerprint density at radius 2 is 1.67 bits per heavy atom. The lowest BCUT2D eigenvalue weighted by molar-refractivity contribution is -0.136. The van der Waals surface area contributed by atoms with Gasteiger partial charge in [-0.1, -0.05) is 59.2 Å². The van der Waals surface area contributed by atoms with Crippen molar-refractivity contribution in [1.82, 2.24) is 0 Å². The van der Waals surface area contributed by atoms with Crippen LogP contribution in [0.1, 0.15) is 11.1 Å². The minimum absolute atomic E-state index is 0.0199. The van der Waals surface area contributed by atoms with Crippen LogP contribution in [0.4, 0.5) is 0 Å². The molecule has 0 aromatic heterocycles. The molecule has 0 unspecified atom stereocenters. The van der Waals surface area contributed by atoms with Gasteiger partial charge in [0.1, 0.15) is 16.4 Å². The Morgan fingerprint density at radius 3 is 2.40 bits per heavy atom. The van der Waals surface area contributed by atoms with Crippen molar-refractivity contribution in [2.75, 3.05) is 0 Å². The highest BCUT2D eigenvalue weighted by Gasteiger charge is 2.26. The third-order valence-corrected chi connectivity index (χ3v) is 5.73. The lowest BCUT2D eigenvalue weighted by atomic mass is 10.0. The van der Waals surface area contributed by atoms with Crippen LogP contribution in [0.25, 0.3) is 6.08 Å². The summed E-state index contributed by atoms with van der Waals surface area (Å²) >= 11 is 5.80. The van der Waals surface area contributed by atoms with Gasteiger partial charge in [-0.15, -0.1) is 0 Å². The minimum atomic E-state index is -4.03. The Morgan fingerprint density at radius 1 is 0.933 bits per heavy atom. The van der Waals surface area contributed by atoms with Crippen LogP contribution in [0.2, 0.25) is 5.02 Å². The molecule has 1 aliphatic heterocycles. The van der Waals surface area contributed by atoms with E-state index in [-0.39, 0.29) is 16.2 Å². The van der Waals surface area contributed by atoms with Gasteiger partial charge in [-0.25, -0.2) is 4.79 Å². The monoisotopic (exact) mass is 439 g/mol. The van der Waals surface area contributed by atoms with Crippen LogP contribution in [-0.4, -0.2) is 20.1 Å². The highest BCUT2D eigenvalue weighted by molar-refractivity contribution is 7.87. The summed E-state index contributed by atoms with van der Waals surface area (Å²) in [5.74, 6) is -0.488. The van der Waals surface area contributed by atoms with Crippen molar-refractivity contribution in [3.8, 4) is 5.75 Å². The van der Waals surface area contributed by atoms with Crippen molar-refractivity contribution in [3.63, 3.8) is 0 Å². The maximum atomic E-state index is 12.5. The first-order chi connectivity index (χ1) is 14.4. The van der Waals surface area contributed by atoms with Crippen molar-refractivity contribution in [1.29, 1.82) is 0 Å². The average molecular weight is 440 g/mol. The lowest BCUT2D eigenvalue weighted by Gasteiger charge is -2.08. The third kappa shape index (κ3) is 4.27. The van der Waals surface area contributed by atoms with E-state index >= 15 is 0 Å². The minimum Gasteiger partial charge on any atom is -0.379 e. The van der Waals surface area contributed by atoms with Crippen LogP contribution in [0.15, 0.2) is 94.5 Å². The molecule has 0 saturated carbocycles. The van der Waals surface area contributed by atoms with Gasteiger partial charge in [0, 0.05) is 10.6 Å². The summed E-state index contributed by atoms with van der Waals surface area (Å²) in [6.07, 6.45) is 1.57. The number of carbonyl (C=O) groups is 1. The van der Waals surface area contributed by atoms with E-state index in [9.17, 15) is 13.2 Å². The SMILES string of the molecule is O=C1ON=C(c2ccccc2)/C1=C\c1cccc(OS(=O)(=O)c2ccc(Cl)cc2)c1. The number of oxime groups is 1. The number of rotatable bonds is 5. The van der Waals surface area contributed by atoms with E-state index in [0.717, 1.165) is 5.56 Å². The predicted octanol–water partition coefficient (Wildman–Crippen LogP) is 4.45. The van der Waals surface area contributed by atoms with Crippen LogP contribution in [0, 0.1) is 0 Å². The van der Waals surface area contributed by atoms with Gasteiger partial charge in [0.25, 0.3) is 0 Å². The molecular weight excluding hydrogens is 426 g/mol. The molecule has 0 fully saturated rings. The van der Waals surface area contributed by atoms with Gasteiger partial charge in [0.05, 0.1) is 5.57 Å². The van der Waals surface area contributed by atoms with Gasteiger partial charge < -0.3 is 9.02 Å². The summed E-state index contributed by atoms with van der Waals surface area (Å²) in [7, 11) is -4.03. The lowest BCUT2D eigenvalue weighted by Crippen LogP contribution is -2.09. The molecule has 0 radical (unpaired) electrons. The van der Waals surface area contributed by atoms with Gasteiger partial charge >= 0.3 is 16.1 Å². The summed E-state index contributed by atoms with van der Waals surface area (Å²) in [4.78, 5) is 17.0. The first-order valence-corrected chi connectivity index (χ1v) is 10.6. The van der Waals surface area contributed by atoms with Gasteiger partial charge in [0.2, 0.25) is 0 Å². The number of benzene rings is 3. The van der Waals surface area contributed by atoms with E-state index in [1.165, 1.54) is 36.4 Å². The van der Waals surface area contributed by atoms with E-state index in [1.807, 2.05) is 30.3 Å². The molecule has 3 aromatic rings. The zero-order valence-corrected chi connectivity index (χ0v) is 16.9. The smallest absolute Gasteiger partial charge is 0.368 e. The molecule has 8 heteroatoms. The molecule has 3 aromatic carbocycles. The molecule has 0 aliphatic carbocycles.